The lowest BCUT2D eigenvalue weighted by Gasteiger charge is -2.26. The Balaban J connectivity index is 1.53. The van der Waals surface area contributed by atoms with Gasteiger partial charge in [-0.2, -0.15) is 5.10 Å². The fourth-order valence-electron chi connectivity index (χ4n) is 4.65. The van der Waals surface area contributed by atoms with E-state index in [2.05, 4.69) is 15.5 Å². The van der Waals surface area contributed by atoms with E-state index >= 15 is 0 Å². The highest BCUT2D eigenvalue weighted by atomic mass is 19.1. The minimum Gasteiger partial charge on any atom is -0.495 e. The normalized spacial score (nSPS) is 20.4. The molecule has 5 rings (SSSR count). The van der Waals surface area contributed by atoms with Crippen molar-refractivity contribution in [3.05, 3.63) is 64.6 Å². The number of Topliss-reactive ketones (excluding diaryl/α,β-unsaturated/α-hetero) is 1. The van der Waals surface area contributed by atoms with Gasteiger partial charge in [-0.15, -0.1) is 0 Å². The van der Waals surface area contributed by atoms with E-state index in [1.807, 2.05) is 12.1 Å². The third-order valence-electron chi connectivity index (χ3n) is 6.55. The highest BCUT2D eigenvalue weighted by Crippen LogP contribution is 2.42. The second-order valence-electron chi connectivity index (χ2n) is 8.70. The number of methoxy groups -OCH3 is 1. The van der Waals surface area contributed by atoms with Crippen LogP contribution in [0.4, 0.5) is 4.39 Å². The largest absolute Gasteiger partial charge is 0.495 e. The van der Waals surface area contributed by atoms with Crippen LogP contribution in [0, 0.1) is 17.2 Å². The lowest BCUT2D eigenvalue weighted by Crippen LogP contribution is -2.38. The molecule has 2 fully saturated rings. The monoisotopic (exact) mass is 436 g/mol. The first kappa shape index (κ1) is 20.6. The van der Waals surface area contributed by atoms with Crippen LogP contribution >= 0.6 is 0 Å². The molecule has 8 heteroatoms. The van der Waals surface area contributed by atoms with Crippen molar-refractivity contribution in [3.8, 4) is 22.6 Å². The molecular formula is C24H25FN4O3. The van der Waals surface area contributed by atoms with E-state index in [4.69, 9.17) is 4.74 Å². The summed E-state index contributed by atoms with van der Waals surface area (Å²) in [5.41, 5.74) is 1.30. The van der Waals surface area contributed by atoms with Crippen LogP contribution in [0.3, 0.4) is 0 Å². The molecule has 0 radical (unpaired) electrons. The van der Waals surface area contributed by atoms with Gasteiger partial charge in [-0.05, 0) is 61.2 Å². The van der Waals surface area contributed by atoms with Gasteiger partial charge in [0.2, 0.25) is 0 Å². The first-order chi connectivity index (χ1) is 15.5. The summed E-state index contributed by atoms with van der Waals surface area (Å²) >= 11 is 0. The van der Waals surface area contributed by atoms with Crippen LogP contribution in [-0.4, -0.2) is 40.7 Å². The molecule has 1 aromatic heterocycles. The summed E-state index contributed by atoms with van der Waals surface area (Å²) in [6, 6.07) is 11.7. The summed E-state index contributed by atoms with van der Waals surface area (Å²) in [7, 11) is 1.54. The van der Waals surface area contributed by atoms with Gasteiger partial charge in [-0.1, -0.05) is 18.2 Å². The third kappa shape index (κ3) is 3.64. The Morgan fingerprint density at radius 3 is 2.62 bits per heavy atom. The van der Waals surface area contributed by atoms with E-state index in [0.29, 0.717) is 30.2 Å². The van der Waals surface area contributed by atoms with Gasteiger partial charge in [-0.25, -0.2) is 18.9 Å². The van der Waals surface area contributed by atoms with Gasteiger partial charge >= 0.3 is 5.69 Å². The number of aromatic nitrogens is 3. The van der Waals surface area contributed by atoms with Crippen molar-refractivity contribution in [2.24, 2.45) is 11.3 Å². The first-order valence-corrected chi connectivity index (χ1v) is 10.9. The molecule has 1 aliphatic heterocycles. The predicted molar refractivity (Wildman–Crippen MR) is 117 cm³/mol. The Bertz CT molecular complexity index is 1200. The summed E-state index contributed by atoms with van der Waals surface area (Å²) < 4.78 is 20.4. The van der Waals surface area contributed by atoms with Gasteiger partial charge in [0.15, 0.2) is 0 Å². The van der Waals surface area contributed by atoms with Crippen molar-refractivity contribution < 1.29 is 13.9 Å². The number of nitrogens with zero attached hydrogens (tertiary/aromatic N) is 2. The predicted octanol–water partition coefficient (Wildman–Crippen LogP) is 2.88. The lowest BCUT2D eigenvalue weighted by atomic mass is 9.77. The maximum Gasteiger partial charge on any atom is 0.348 e. The molecule has 1 saturated carbocycles. The number of carbonyl (C=O) groups is 1. The number of nitrogens with one attached hydrogen (secondary N) is 2. The molecule has 2 aliphatic rings. The number of rotatable bonds is 7. The molecule has 3 aromatic rings. The van der Waals surface area contributed by atoms with Gasteiger partial charge < -0.3 is 10.1 Å². The van der Waals surface area contributed by atoms with Crippen molar-refractivity contribution in [2.45, 2.75) is 25.7 Å². The zero-order valence-corrected chi connectivity index (χ0v) is 17.9. The number of hydrogen-bond donors (Lipinski definition) is 2. The van der Waals surface area contributed by atoms with Crippen LogP contribution < -0.4 is 15.7 Å². The number of H-pyrrole nitrogens is 1. The standard InChI is InChI=1S/C24H25FN4O3/c1-32-20-12-17(15-4-7-18(25)8-5-15)6-9-19(20)29-21(27-28-23(29)31)13-24(10-11-26-14-24)22(30)16-2-3-16/h4-9,12,16,26H,2-3,10-11,13-14H2,1H3,(H,28,31)/t24-/m0/s1. The Morgan fingerprint density at radius 2 is 1.97 bits per heavy atom. The Labute approximate surface area is 184 Å². The molecule has 32 heavy (non-hydrogen) atoms. The maximum atomic E-state index is 13.3. The molecule has 0 spiro atoms. The van der Waals surface area contributed by atoms with E-state index in [1.165, 1.54) is 23.8 Å². The van der Waals surface area contributed by atoms with E-state index < -0.39 is 5.41 Å². The Morgan fingerprint density at radius 1 is 1.22 bits per heavy atom. The molecule has 7 nitrogen and oxygen atoms in total. The van der Waals surface area contributed by atoms with Gasteiger partial charge in [-0.3, -0.25) is 4.79 Å². The second-order valence-corrected chi connectivity index (χ2v) is 8.70. The minimum atomic E-state index is -0.536. The highest BCUT2D eigenvalue weighted by molar-refractivity contribution is 5.89. The quantitative estimate of drug-likeness (QED) is 0.595. The van der Waals surface area contributed by atoms with Gasteiger partial charge in [0, 0.05) is 24.3 Å². The van der Waals surface area contributed by atoms with E-state index in [1.54, 1.807) is 18.2 Å². The van der Waals surface area contributed by atoms with Crippen molar-refractivity contribution in [3.63, 3.8) is 0 Å². The Kier molecular flexibility index (Phi) is 5.17. The van der Waals surface area contributed by atoms with Crippen LogP contribution in [0.2, 0.25) is 0 Å². The van der Waals surface area contributed by atoms with Crippen molar-refractivity contribution in [1.29, 1.82) is 0 Å². The number of ketones is 1. The minimum absolute atomic E-state index is 0.138. The first-order valence-electron chi connectivity index (χ1n) is 10.9. The number of hydrogen-bond acceptors (Lipinski definition) is 5. The number of aromatic amines is 1. The van der Waals surface area contributed by atoms with Crippen molar-refractivity contribution >= 4 is 5.78 Å². The second kappa shape index (κ2) is 8.02. The molecular weight excluding hydrogens is 411 g/mol. The zero-order valence-electron chi connectivity index (χ0n) is 17.9. The molecule has 1 aliphatic carbocycles. The van der Waals surface area contributed by atoms with Crippen LogP contribution in [-0.2, 0) is 11.2 Å². The summed E-state index contributed by atoms with van der Waals surface area (Å²) in [5.74, 6) is 1.12. The van der Waals surface area contributed by atoms with Crippen LogP contribution in [0.15, 0.2) is 47.3 Å². The molecule has 0 amide bonds. The number of benzene rings is 2. The highest BCUT2D eigenvalue weighted by Gasteiger charge is 2.48. The summed E-state index contributed by atoms with van der Waals surface area (Å²) in [5, 5.41) is 10.1. The molecule has 2 N–H and O–H groups in total. The van der Waals surface area contributed by atoms with E-state index in [9.17, 15) is 14.0 Å². The molecule has 1 atom stereocenters. The van der Waals surface area contributed by atoms with E-state index in [0.717, 1.165) is 36.9 Å². The maximum absolute atomic E-state index is 13.3. The third-order valence-corrected chi connectivity index (χ3v) is 6.55. The SMILES string of the molecule is COc1cc(-c2ccc(F)cc2)ccc1-n1c(C[C@@]2(C(=O)C3CC3)CCNC2)n[nH]c1=O. The smallest absolute Gasteiger partial charge is 0.348 e. The molecule has 1 saturated heterocycles. The molecule has 2 heterocycles. The lowest BCUT2D eigenvalue weighted by molar-refractivity contribution is -0.129. The van der Waals surface area contributed by atoms with Gasteiger partial charge in [0.25, 0.3) is 0 Å². The average molecular weight is 436 g/mol. The average Bonchev–Trinajstić information content (AvgIpc) is 3.45. The fraction of sp³-hybridized carbons (Fsp3) is 0.375. The molecule has 0 unspecified atom stereocenters. The van der Waals surface area contributed by atoms with Crippen molar-refractivity contribution in [1.82, 2.24) is 20.1 Å². The zero-order chi connectivity index (χ0) is 22.3. The molecule has 2 aromatic carbocycles. The Hall–Kier alpha value is -3.26. The summed E-state index contributed by atoms with van der Waals surface area (Å²) in [6.45, 7) is 1.38. The summed E-state index contributed by atoms with van der Waals surface area (Å²) in [4.78, 5) is 25.9. The number of ether oxygens (including phenoxy) is 1. The number of halogens is 1. The van der Waals surface area contributed by atoms with Crippen LogP contribution in [0.25, 0.3) is 16.8 Å². The van der Waals surface area contributed by atoms with Gasteiger partial charge in [0.1, 0.15) is 23.2 Å². The molecule has 0 bridgehead atoms. The molecule has 166 valence electrons. The van der Waals surface area contributed by atoms with Crippen LogP contribution in [0.1, 0.15) is 25.1 Å². The number of carbonyl (C=O) groups excluding carboxylic acids is 1. The summed E-state index contributed by atoms with van der Waals surface area (Å²) in [6.07, 6.45) is 3.03. The topological polar surface area (TPSA) is 89.0 Å². The van der Waals surface area contributed by atoms with E-state index in [-0.39, 0.29) is 23.2 Å². The van der Waals surface area contributed by atoms with Gasteiger partial charge in [0.05, 0.1) is 12.8 Å². The van der Waals surface area contributed by atoms with Crippen LogP contribution in [0.5, 0.6) is 5.75 Å². The fourth-order valence-corrected chi connectivity index (χ4v) is 4.65. The van der Waals surface area contributed by atoms with Crippen molar-refractivity contribution in [2.75, 3.05) is 20.2 Å².